The molecule has 0 spiro atoms. The van der Waals surface area contributed by atoms with Crippen LogP contribution in [-0.4, -0.2) is 36.0 Å². The molecule has 0 fully saturated rings. The summed E-state index contributed by atoms with van der Waals surface area (Å²) in [6, 6.07) is 12.8. The Morgan fingerprint density at radius 1 is 1.10 bits per heavy atom. The summed E-state index contributed by atoms with van der Waals surface area (Å²) in [6.07, 6.45) is 1.91. The SMILES string of the molecule is COc1ccc2[nH]c(=O)c(-c3noc(C4=Cc5cccc(OC)c5OC4)n3)cc2c1. The first-order valence-corrected chi connectivity index (χ1v) is 9.22. The van der Waals surface area contributed by atoms with Crippen LogP contribution >= 0.6 is 0 Å². The van der Waals surface area contributed by atoms with Crippen LogP contribution in [-0.2, 0) is 0 Å². The molecule has 8 nitrogen and oxygen atoms in total. The maximum atomic E-state index is 12.5. The quantitative estimate of drug-likeness (QED) is 0.556. The minimum atomic E-state index is -0.302. The molecule has 0 amide bonds. The van der Waals surface area contributed by atoms with Gasteiger partial charge in [-0.1, -0.05) is 17.3 Å². The highest BCUT2D eigenvalue weighted by Crippen LogP contribution is 2.37. The number of ether oxygens (including phenoxy) is 3. The number of hydrogen-bond donors (Lipinski definition) is 1. The van der Waals surface area contributed by atoms with Crippen molar-refractivity contribution in [1.82, 2.24) is 15.1 Å². The van der Waals surface area contributed by atoms with Gasteiger partial charge in [-0.15, -0.1) is 0 Å². The molecule has 0 unspecified atom stereocenters. The van der Waals surface area contributed by atoms with Crippen LogP contribution in [0.5, 0.6) is 17.2 Å². The standard InChI is InChI=1S/C22H17N3O5/c1-27-15-6-7-17-13(9-15)10-16(21(26)23-17)20-24-22(30-25-20)14-8-12-4-3-5-18(28-2)19(12)29-11-14/h3-10H,11H2,1-2H3,(H,23,26). The molecule has 1 aliphatic heterocycles. The summed E-state index contributed by atoms with van der Waals surface area (Å²) in [7, 11) is 3.19. The maximum Gasteiger partial charge on any atom is 0.259 e. The first-order chi connectivity index (χ1) is 14.7. The summed E-state index contributed by atoms with van der Waals surface area (Å²) in [5, 5.41) is 4.81. The zero-order chi connectivity index (χ0) is 20.7. The lowest BCUT2D eigenvalue weighted by Gasteiger charge is -2.18. The molecule has 5 rings (SSSR count). The second kappa shape index (κ2) is 7.07. The van der Waals surface area contributed by atoms with Crippen molar-refractivity contribution < 1.29 is 18.7 Å². The van der Waals surface area contributed by atoms with Gasteiger partial charge in [0.1, 0.15) is 12.4 Å². The van der Waals surface area contributed by atoms with E-state index < -0.39 is 0 Å². The topological polar surface area (TPSA) is 99.5 Å². The first-order valence-electron chi connectivity index (χ1n) is 9.22. The Kier molecular flexibility index (Phi) is 4.24. The monoisotopic (exact) mass is 403 g/mol. The van der Waals surface area contributed by atoms with E-state index in [9.17, 15) is 4.79 Å². The molecule has 4 aromatic rings. The average molecular weight is 403 g/mol. The number of fused-ring (bicyclic) bond motifs is 2. The molecule has 0 saturated carbocycles. The molecule has 0 saturated heterocycles. The van der Waals surface area contributed by atoms with Crippen LogP contribution < -0.4 is 19.8 Å². The predicted octanol–water partition coefficient (Wildman–Crippen LogP) is 3.53. The van der Waals surface area contributed by atoms with E-state index in [1.807, 2.05) is 30.3 Å². The van der Waals surface area contributed by atoms with E-state index in [1.54, 1.807) is 32.4 Å². The second-order valence-corrected chi connectivity index (χ2v) is 6.73. The lowest BCUT2D eigenvalue weighted by molar-refractivity contribution is 0.321. The first kappa shape index (κ1) is 18.0. The molecule has 8 heteroatoms. The van der Waals surface area contributed by atoms with E-state index >= 15 is 0 Å². The lowest BCUT2D eigenvalue weighted by Crippen LogP contribution is -2.10. The van der Waals surface area contributed by atoms with Crippen LogP contribution in [0.1, 0.15) is 11.5 Å². The van der Waals surface area contributed by atoms with Crippen molar-refractivity contribution in [3.8, 4) is 28.6 Å². The summed E-state index contributed by atoms with van der Waals surface area (Å²) < 4.78 is 21.8. The van der Waals surface area contributed by atoms with Crippen molar-refractivity contribution in [2.24, 2.45) is 0 Å². The van der Waals surface area contributed by atoms with E-state index in [0.29, 0.717) is 39.8 Å². The number of para-hydroxylation sites is 1. The molecular formula is C22H17N3O5. The molecule has 2 aromatic heterocycles. The third-order valence-corrected chi connectivity index (χ3v) is 4.92. The molecule has 0 radical (unpaired) electrons. The Morgan fingerprint density at radius 3 is 2.83 bits per heavy atom. The van der Waals surface area contributed by atoms with E-state index in [1.165, 1.54) is 0 Å². The highest BCUT2D eigenvalue weighted by molar-refractivity contribution is 5.85. The Hall–Kier alpha value is -4.07. The number of hydrogen-bond acceptors (Lipinski definition) is 7. The molecule has 1 N–H and O–H groups in total. The van der Waals surface area contributed by atoms with Gasteiger partial charge in [-0.25, -0.2) is 0 Å². The zero-order valence-corrected chi connectivity index (χ0v) is 16.3. The third kappa shape index (κ3) is 2.98. The van der Waals surface area contributed by atoms with Crippen LogP contribution in [0.3, 0.4) is 0 Å². The van der Waals surface area contributed by atoms with Crippen LogP contribution in [0.15, 0.2) is 51.8 Å². The van der Waals surface area contributed by atoms with Crippen molar-refractivity contribution in [3.05, 3.63) is 64.3 Å². The molecule has 3 heterocycles. The number of H-pyrrole nitrogens is 1. The summed E-state index contributed by atoms with van der Waals surface area (Å²) in [5.74, 6) is 2.51. The fraction of sp³-hybridized carbons (Fsp3) is 0.136. The van der Waals surface area contributed by atoms with Crippen molar-refractivity contribution in [1.29, 1.82) is 0 Å². The number of benzene rings is 2. The normalized spacial score (nSPS) is 12.8. The summed E-state index contributed by atoms with van der Waals surface area (Å²) in [4.78, 5) is 19.8. The van der Waals surface area contributed by atoms with Gasteiger partial charge in [-0.05, 0) is 36.4 Å². The molecule has 1 aliphatic rings. The number of nitrogens with one attached hydrogen (secondary N) is 1. The summed E-state index contributed by atoms with van der Waals surface area (Å²) in [5.41, 5.74) is 2.27. The average Bonchev–Trinajstić information content (AvgIpc) is 3.27. The van der Waals surface area contributed by atoms with Crippen molar-refractivity contribution in [2.75, 3.05) is 20.8 Å². The Morgan fingerprint density at radius 2 is 2.00 bits per heavy atom. The zero-order valence-electron chi connectivity index (χ0n) is 16.3. The Labute approximate surface area is 170 Å². The van der Waals surface area contributed by atoms with Crippen LogP contribution in [0.4, 0.5) is 0 Å². The van der Waals surface area contributed by atoms with Crippen molar-refractivity contribution in [3.63, 3.8) is 0 Å². The minimum absolute atomic E-state index is 0.202. The fourth-order valence-corrected chi connectivity index (χ4v) is 3.41. The van der Waals surface area contributed by atoms with Gasteiger partial charge in [0, 0.05) is 16.5 Å². The number of aromatic nitrogens is 3. The summed E-state index contributed by atoms with van der Waals surface area (Å²) >= 11 is 0. The molecule has 0 bridgehead atoms. The predicted molar refractivity (Wildman–Crippen MR) is 111 cm³/mol. The highest BCUT2D eigenvalue weighted by atomic mass is 16.5. The number of pyridine rings is 1. The molecule has 0 atom stereocenters. The van der Waals surface area contributed by atoms with E-state index in [-0.39, 0.29) is 18.0 Å². The molecule has 0 aliphatic carbocycles. The minimum Gasteiger partial charge on any atom is -0.497 e. The van der Waals surface area contributed by atoms with Crippen molar-refractivity contribution >= 4 is 22.6 Å². The molecule has 150 valence electrons. The van der Waals surface area contributed by atoms with Gasteiger partial charge in [0.2, 0.25) is 5.82 Å². The highest BCUT2D eigenvalue weighted by Gasteiger charge is 2.21. The number of nitrogens with zero attached hydrogens (tertiary/aromatic N) is 2. The maximum absolute atomic E-state index is 12.5. The van der Waals surface area contributed by atoms with E-state index in [4.69, 9.17) is 18.7 Å². The smallest absolute Gasteiger partial charge is 0.259 e. The lowest BCUT2D eigenvalue weighted by atomic mass is 10.1. The van der Waals surface area contributed by atoms with Crippen LogP contribution in [0.2, 0.25) is 0 Å². The van der Waals surface area contributed by atoms with E-state index in [0.717, 1.165) is 10.9 Å². The Bertz CT molecular complexity index is 1350. The van der Waals surface area contributed by atoms with Gasteiger partial charge in [-0.3, -0.25) is 4.79 Å². The van der Waals surface area contributed by atoms with Gasteiger partial charge >= 0.3 is 0 Å². The van der Waals surface area contributed by atoms with Gasteiger partial charge in [0.05, 0.1) is 25.4 Å². The van der Waals surface area contributed by atoms with Crippen LogP contribution in [0, 0.1) is 0 Å². The molecule has 30 heavy (non-hydrogen) atoms. The number of methoxy groups -OCH3 is 2. The molecular weight excluding hydrogens is 386 g/mol. The largest absolute Gasteiger partial charge is 0.497 e. The number of aromatic amines is 1. The molecule has 2 aromatic carbocycles. The number of rotatable bonds is 4. The van der Waals surface area contributed by atoms with Gasteiger partial charge in [0.25, 0.3) is 11.4 Å². The van der Waals surface area contributed by atoms with Crippen molar-refractivity contribution in [2.45, 2.75) is 0 Å². The van der Waals surface area contributed by atoms with E-state index in [2.05, 4.69) is 15.1 Å². The Balaban J connectivity index is 1.54. The van der Waals surface area contributed by atoms with Gasteiger partial charge in [0.15, 0.2) is 11.5 Å². The van der Waals surface area contributed by atoms with Crippen LogP contribution in [0.25, 0.3) is 33.9 Å². The van der Waals surface area contributed by atoms with Gasteiger partial charge < -0.3 is 23.7 Å². The van der Waals surface area contributed by atoms with Gasteiger partial charge in [-0.2, -0.15) is 4.98 Å². The second-order valence-electron chi connectivity index (χ2n) is 6.73. The third-order valence-electron chi connectivity index (χ3n) is 4.92. The fourth-order valence-electron chi connectivity index (χ4n) is 3.41. The summed E-state index contributed by atoms with van der Waals surface area (Å²) in [6.45, 7) is 0.250.